The Morgan fingerprint density at radius 1 is 1.42 bits per heavy atom. The Morgan fingerprint density at radius 3 is 2.42 bits per heavy atom. The van der Waals surface area contributed by atoms with Crippen molar-refractivity contribution in [3.05, 3.63) is 23.0 Å². The van der Waals surface area contributed by atoms with Gasteiger partial charge in [-0.05, 0) is 19.1 Å². The van der Waals surface area contributed by atoms with Crippen molar-refractivity contribution in [2.45, 2.75) is 17.4 Å². The zero-order chi connectivity index (χ0) is 14.8. The zero-order valence-corrected chi connectivity index (χ0v) is 11.6. The summed E-state index contributed by atoms with van der Waals surface area (Å²) in [7, 11) is -4.33. The molecular weight excluding hydrogens is 299 g/mol. The fourth-order valence-corrected chi connectivity index (χ4v) is 3.09. The molecule has 0 unspecified atom stereocenters. The molecule has 0 fully saturated rings. The second kappa shape index (κ2) is 5.59. The molecule has 0 saturated carbocycles. The lowest BCUT2D eigenvalue weighted by Crippen LogP contribution is -2.51. The largest absolute Gasteiger partial charge is 0.396 e. The van der Waals surface area contributed by atoms with Gasteiger partial charge in [-0.25, -0.2) is 17.5 Å². The van der Waals surface area contributed by atoms with Crippen molar-refractivity contribution in [2.24, 2.45) is 0 Å². The van der Waals surface area contributed by atoms with Crippen molar-refractivity contribution < 1.29 is 23.0 Å². The summed E-state index contributed by atoms with van der Waals surface area (Å²) >= 11 is 5.63. The Hall–Kier alpha value is -0.930. The molecule has 0 aliphatic heterocycles. The number of aliphatic hydroxyl groups excluding tert-OH is 2. The van der Waals surface area contributed by atoms with Crippen molar-refractivity contribution in [2.75, 3.05) is 18.9 Å². The number of rotatable bonds is 5. The number of nitrogens with two attached hydrogens (primary N) is 1. The van der Waals surface area contributed by atoms with Crippen molar-refractivity contribution in [1.82, 2.24) is 4.72 Å². The van der Waals surface area contributed by atoms with Gasteiger partial charge in [0.15, 0.2) is 5.82 Å². The number of hydrogen-bond donors (Lipinski definition) is 4. The van der Waals surface area contributed by atoms with Crippen molar-refractivity contribution in [3.8, 4) is 0 Å². The molecule has 1 aromatic rings. The highest BCUT2D eigenvalue weighted by Crippen LogP contribution is 2.26. The van der Waals surface area contributed by atoms with Crippen LogP contribution in [0.1, 0.15) is 6.92 Å². The van der Waals surface area contributed by atoms with Gasteiger partial charge in [-0.1, -0.05) is 11.6 Å². The molecule has 0 spiro atoms. The number of nitrogens with one attached hydrogen (secondary N) is 1. The molecule has 6 nitrogen and oxygen atoms in total. The number of hydrogen-bond acceptors (Lipinski definition) is 5. The third-order valence-corrected chi connectivity index (χ3v) is 4.26. The summed E-state index contributed by atoms with van der Waals surface area (Å²) < 4.78 is 39.7. The highest BCUT2D eigenvalue weighted by Gasteiger charge is 2.31. The van der Waals surface area contributed by atoms with Crippen molar-refractivity contribution in [3.63, 3.8) is 0 Å². The van der Waals surface area contributed by atoms with Gasteiger partial charge in [0.05, 0.1) is 24.4 Å². The van der Waals surface area contributed by atoms with E-state index in [2.05, 4.69) is 0 Å². The Balaban J connectivity index is 3.29. The first-order chi connectivity index (χ1) is 8.65. The van der Waals surface area contributed by atoms with E-state index in [-0.39, 0.29) is 5.02 Å². The molecule has 0 heterocycles. The van der Waals surface area contributed by atoms with E-state index in [0.717, 1.165) is 12.1 Å². The number of benzene rings is 1. The van der Waals surface area contributed by atoms with Crippen LogP contribution >= 0.6 is 11.6 Å². The fourth-order valence-electron chi connectivity index (χ4n) is 1.27. The Bertz CT molecular complexity index is 575. The van der Waals surface area contributed by atoms with E-state index in [1.54, 1.807) is 0 Å². The molecule has 0 atom stereocenters. The predicted octanol–water partition coefficient (Wildman–Crippen LogP) is 0.0829. The average Bonchev–Trinajstić information content (AvgIpc) is 2.32. The minimum absolute atomic E-state index is 0.0472. The van der Waals surface area contributed by atoms with E-state index in [9.17, 15) is 12.8 Å². The standard InChI is InChI=1S/C10H14ClFN2O4S/c1-10(4-15,5-16)14-19(17,18)8-3-6(11)2-7(13)9(8)12/h2-3,14-16H,4-5,13H2,1H3. The van der Waals surface area contributed by atoms with Crippen molar-refractivity contribution >= 4 is 27.3 Å². The number of halogens is 2. The van der Waals surface area contributed by atoms with Crippen LogP contribution in [0.3, 0.4) is 0 Å². The van der Waals surface area contributed by atoms with E-state index < -0.39 is 45.2 Å². The maximum atomic E-state index is 13.7. The Labute approximate surface area is 115 Å². The van der Waals surface area contributed by atoms with Crippen LogP contribution in [0.15, 0.2) is 17.0 Å². The first-order valence-electron chi connectivity index (χ1n) is 5.15. The van der Waals surface area contributed by atoms with Crippen LogP contribution < -0.4 is 10.5 Å². The molecule has 0 saturated heterocycles. The molecular formula is C10H14ClFN2O4S. The molecule has 0 aromatic heterocycles. The third kappa shape index (κ3) is 3.54. The van der Waals surface area contributed by atoms with E-state index in [1.165, 1.54) is 6.92 Å². The van der Waals surface area contributed by atoms with Crippen molar-refractivity contribution in [1.29, 1.82) is 0 Å². The lowest BCUT2D eigenvalue weighted by Gasteiger charge is -2.26. The van der Waals surface area contributed by atoms with Crippen LogP contribution in [-0.2, 0) is 10.0 Å². The molecule has 0 radical (unpaired) electrons. The van der Waals surface area contributed by atoms with Crippen LogP contribution in [0.25, 0.3) is 0 Å². The van der Waals surface area contributed by atoms with Crippen LogP contribution in [0.4, 0.5) is 10.1 Å². The number of anilines is 1. The summed E-state index contributed by atoms with van der Waals surface area (Å²) in [5.41, 5.74) is 3.36. The third-order valence-electron chi connectivity index (χ3n) is 2.40. The minimum atomic E-state index is -4.33. The number of aliphatic hydroxyl groups is 2. The van der Waals surface area contributed by atoms with Gasteiger partial charge in [0, 0.05) is 5.02 Å². The van der Waals surface area contributed by atoms with E-state index in [0.29, 0.717) is 0 Å². The molecule has 0 aliphatic carbocycles. The summed E-state index contributed by atoms with van der Waals surface area (Å²) in [6.07, 6.45) is 0. The van der Waals surface area contributed by atoms with Gasteiger partial charge in [-0.15, -0.1) is 0 Å². The second-order valence-electron chi connectivity index (χ2n) is 4.29. The topological polar surface area (TPSA) is 113 Å². The van der Waals surface area contributed by atoms with Gasteiger partial charge in [-0.3, -0.25) is 0 Å². The molecule has 108 valence electrons. The van der Waals surface area contributed by atoms with Crippen LogP contribution in [-0.4, -0.2) is 37.4 Å². The lowest BCUT2D eigenvalue weighted by atomic mass is 10.1. The highest BCUT2D eigenvalue weighted by atomic mass is 35.5. The smallest absolute Gasteiger partial charge is 0.244 e. The fraction of sp³-hybridized carbons (Fsp3) is 0.400. The quantitative estimate of drug-likeness (QED) is 0.575. The monoisotopic (exact) mass is 312 g/mol. The first-order valence-corrected chi connectivity index (χ1v) is 7.01. The highest BCUT2D eigenvalue weighted by molar-refractivity contribution is 7.89. The maximum Gasteiger partial charge on any atom is 0.244 e. The van der Waals surface area contributed by atoms with Gasteiger partial charge < -0.3 is 15.9 Å². The molecule has 0 amide bonds. The van der Waals surface area contributed by atoms with E-state index in [4.69, 9.17) is 27.5 Å². The number of sulfonamides is 1. The second-order valence-corrected chi connectivity index (χ2v) is 6.38. The molecule has 0 aliphatic rings. The summed E-state index contributed by atoms with van der Waals surface area (Å²) in [6.45, 7) is -0.0723. The number of nitrogen functional groups attached to an aromatic ring is 1. The molecule has 1 aromatic carbocycles. The van der Waals surface area contributed by atoms with Gasteiger partial charge in [0.2, 0.25) is 10.0 Å². The predicted molar refractivity (Wildman–Crippen MR) is 68.7 cm³/mol. The van der Waals surface area contributed by atoms with Crippen LogP contribution in [0.5, 0.6) is 0 Å². The van der Waals surface area contributed by atoms with Crippen LogP contribution in [0, 0.1) is 5.82 Å². The average molecular weight is 313 g/mol. The first kappa shape index (κ1) is 16.1. The molecule has 9 heteroatoms. The minimum Gasteiger partial charge on any atom is -0.396 e. The van der Waals surface area contributed by atoms with Gasteiger partial charge >= 0.3 is 0 Å². The van der Waals surface area contributed by atoms with Crippen LogP contribution in [0.2, 0.25) is 5.02 Å². The Morgan fingerprint density at radius 2 is 1.95 bits per heavy atom. The normalized spacial score (nSPS) is 12.7. The summed E-state index contributed by atoms with van der Waals surface area (Å²) in [6, 6.07) is 1.97. The van der Waals surface area contributed by atoms with E-state index >= 15 is 0 Å². The summed E-state index contributed by atoms with van der Waals surface area (Å²) in [4.78, 5) is -0.745. The zero-order valence-electron chi connectivity index (χ0n) is 10.0. The molecule has 19 heavy (non-hydrogen) atoms. The lowest BCUT2D eigenvalue weighted by molar-refractivity contribution is 0.121. The summed E-state index contributed by atoms with van der Waals surface area (Å²) in [5, 5.41) is 18.0. The Kier molecular flexibility index (Phi) is 4.75. The molecule has 5 N–H and O–H groups in total. The molecule has 0 bridgehead atoms. The van der Waals surface area contributed by atoms with Gasteiger partial charge in [0.25, 0.3) is 0 Å². The van der Waals surface area contributed by atoms with Gasteiger partial charge in [-0.2, -0.15) is 0 Å². The summed E-state index contributed by atoms with van der Waals surface area (Å²) in [5.74, 6) is -1.14. The van der Waals surface area contributed by atoms with E-state index in [1.807, 2.05) is 4.72 Å². The SMILES string of the molecule is CC(CO)(CO)NS(=O)(=O)c1cc(Cl)cc(N)c1F. The van der Waals surface area contributed by atoms with Gasteiger partial charge in [0.1, 0.15) is 4.90 Å². The molecule has 1 rings (SSSR count). The maximum absolute atomic E-state index is 13.7.